The summed E-state index contributed by atoms with van der Waals surface area (Å²) in [5.41, 5.74) is 2.64. The molecule has 4 aromatic heterocycles. The number of carboxylic acid groups (broad SMARTS) is 1. The molecule has 1 aliphatic heterocycles. The third-order valence-electron chi connectivity index (χ3n) is 11.8. The number of aromatic nitrogens is 4. The Morgan fingerprint density at radius 2 is 1.23 bits per heavy atom. The van der Waals surface area contributed by atoms with E-state index in [4.69, 9.17) is 38.1 Å². The molecule has 0 atom stereocenters. The van der Waals surface area contributed by atoms with E-state index in [-0.39, 0.29) is 50.6 Å². The molecule has 1 saturated heterocycles. The Bertz CT molecular complexity index is 2910. The number of carbonyl (C=O) groups is 2. The van der Waals surface area contributed by atoms with E-state index in [9.17, 15) is 19.2 Å². The SMILES string of the molecule is COc1cc(-c2cn(C)c(=O)c3cnccc23)cc(OC)c1CNCC(=O)O.COc1cc(B2OC(C)(C)C(C)(C)O2)cc(OC)c1CCCC(=O)OC(C)(C)C.Cn1cc(Br)c2ccncc2c1=O.[CH2-]C.[Pd]. The second kappa shape index (κ2) is 27.1. The monoisotopic (exact) mass is 1160 g/mol. The molecule has 73 heavy (non-hydrogen) atoms. The van der Waals surface area contributed by atoms with Gasteiger partial charge in [-0.1, -0.05) is 0 Å². The number of benzene rings is 2. The van der Waals surface area contributed by atoms with Crippen LogP contribution in [0.1, 0.15) is 79.4 Å². The predicted octanol–water partition coefficient (Wildman–Crippen LogP) is 7.99. The standard InChI is InChI=1S/C22H35BO6.C20H21N3O5.C9H7BrN2O.C2H5.Pd/c1-20(2,3)27-19(24)12-10-11-16-17(25-8)13-15(14-18(16)26-9)23-28-21(4,5)22(6,7)29-23;1-23-11-16(13-4-5-21-8-14(13)20(23)26)12-6-17(27-2)15(18(7-12)28-3)9-22-10-19(24)25;1-12-5-8(10)6-2-3-11-4-7(6)9(12)13;1-2;/h13-14H,10-12H2,1-9H3;4-8,11,22H,9-10H2,1-3H3,(H,24,25);2-5H,1H3;1H2,2H3;/q;;;-1;. The Labute approximate surface area is 450 Å². The van der Waals surface area contributed by atoms with Gasteiger partial charge in [-0.15, -0.1) is 0 Å². The van der Waals surface area contributed by atoms with E-state index < -0.39 is 29.9 Å². The molecule has 0 radical (unpaired) electrons. The van der Waals surface area contributed by atoms with Gasteiger partial charge in [0.15, 0.2) is 0 Å². The molecular formula is C53H68BBrN5O12Pd-. The maximum Gasteiger partial charge on any atom is 0.495 e. The molecule has 0 unspecified atom stereocenters. The van der Waals surface area contributed by atoms with Gasteiger partial charge < -0.3 is 59.5 Å². The zero-order chi connectivity index (χ0) is 53.7. The van der Waals surface area contributed by atoms with Crippen LogP contribution in [0.2, 0.25) is 0 Å². The van der Waals surface area contributed by atoms with Crippen molar-refractivity contribution in [2.45, 2.75) is 98.0 Å². The topological polar surface area (TPSA) is 201 Å². The van der Waals surface area contributed by atoms with Crippen molar-refractivity contribution in [2.75, 3.05) is 35.0 Å². The molecule has 2 N–H and O–H groups in total. The predicted molar refractivity (Wildman–Crippen MR) is 285 cm³/mol. The Kier molecular flexibility index (Phi) is 22.9. The van der Waals surface area contributed by atoms with Gasteiger partial charge in [-0.05, 0) is 130 Å². The van der Waals surface area contributed by atoms with Crippen LogP contribution in [0, 0.1) is 6.92 Å². The molecule has 2 aromatic carbocycles. The van der Waals surface area contributed by atoms with Crippen LogP contribution in [-0.2, 0) is 71.1 Å². The summed E-state index contributed by atoms with van der Waals surface area (Å²) >= 11 is 3.39. The van der Waals surface area contributed by atoms with Crippen LogP contribution in [0.5, 0.6) is 23.0 Å². The van der Waals surface area contributed by atoms with Gasteiger partial charge in [0, 0.05) is 111 Å². The van der Waals surface area contributed by atoms with E-state index in [1.165, 1.54) is 9.13 Å². The molecular weight excluding hydrogens is 1100 g/mol. The smallest absolute Gasteiger partial charge is 0.495 e. The van der Waals surface area contributed by atoms with E-state index in [0.717, 1.165) is 37.4 Å². The fraction of sp³-hybridized carbons (Fsp3) is 0.415. The van der Waals surface area contributed by atoms with E-state index in [1.807, 2.05) is 78.8 Å². The summed E-state index contributed by atoms with van der Waals surface area (Å²) in [5.74, 6) is 1.35. The van der Waals surface area contributed by atoms with Crippen LogP contribution in [0.25, 0.3) is 32.7 Å². The second-order valence-corrected chi connectivity index (χ2v) is 19.3. The number of aryl methyl sites for hydroxylation is 2. The number of carbonyl (C=O) groups excluding carboxylic acids is 1. The van der Waals surface area contributed by atoms with Crippen molar-refractivity contribution < 1.29 is 68.1 Å². The summed E-state index contributed by atoms with van der Waals surface area (Å²) in [7, 11) is 9.25. The van der Waals surface area contributed by atoms with Crippen LogP contribution in [0.15, 0.2) is 87.6 Å². The summed E-state index contributed by atoms with van der Waals surface area (Å²) in [6, 6.07) is 11.2. The summed E-state index contributed by atoms with van der Waals surface area (Å²) in [6.45, 7) is 18.8. The number of rotatable bonds is 14. The Morgan fingerprint density at radius 1 is 0.767 bits per heavy atom. The van der Waals surface area contributed by atoms with Crippen LogP contribution in [-0.4, -0.2) is 95.1 Å². The molecule has 5 heterocycles. The second-order valence-electron chi connectivity index (χ2n) is 18.5. The summed E-state index contributed by atoms with van der Waals surface area (Å²) in [6.07, 6.45) is 11.6. The first-order valence-corrected chi connectivity index (χ1v) is 24.0. The number of fused-ring (bicyclic) bond motifs is 2. The number of hydrogen-bond acceptors (Lipinski definition) is 14. The molecule has 1 fully saturated rings. The van der Waals surface area contributed by atoms with Gasteiger partial charge in [-0.25, -0.2) is 0 Å². The van der Waals surface area contributed by atoms with Crippen molar-refractivity contribution in [1.29, 1.82) is 0 Å². The van der Waals surface area contributed by atoms with E-state index >= 15 is 0 Å². The molecule has 0 bridgehead atoms. The molecule has 398 valence electrons. The van der Waals surface area contributed by atoms with Crippen molar-refractivity contribution in [3.05, 3.63) is 117 Å². The average Bonchev–Trinajstić information content (AvgIpc) is 3.57. The van der Waals surface area contributed by atoms with Crippen molar-refractivity contribution in [1.82, 2.24) is 24.4 Å². The molecule has 0 saturated carbocycles. The van der Waals surface area contributed by atoms with Crippen molar-refractivity contribution in [3.63, 3.8) is 0 Å². The number of methoxy groups -OCH3 is 4. The number of ether oxygens (including phenoxy) is 5. The number of nitrogens with zero attached hydrogens (tertiary/aromatic N) is 4. The first-order valence-electron chi connectivity index (χ1n) is 23.2. The average molecular weight is 1160 g/mol. The van der Waals surface area contributed by atoms with E-state index in [2.05, 4.69) is 38.1 Å². The largest absolute Gasteiger partial charge is 0.496 e. The molecule has 0 amide bonds. The van der Waals surface area contributed by atoms with Gasteiger partial charge in [0.05, 0.1) is 57.0 Å². The van der Waals surface area contributed by atoms with Gasteiger partial charge in [-0.2, -0.15) is 6.92 Å². The van der Waals surface area contributed by atoms with Crippen molar-refractivity contribution in [3.8, 4) is 34.1 Å². The normalized spacial score (nSPS) is 13.2. The Morgan fingerprint density at radius 3 is 1.71 bits per heavy atom. The zero-order valence-electron chi connectivity index (χ0n) is 44.2. The summed E-state index contributed by atoms with van der Waals surface area (Å²) < 4.78 is 43.9. The number of aliphatic carboxylic acids is 1. The quantitative estimate of drug-likeness (QED) is 0.0604. The number of carboxylic acids is 1. The Balaban J connectivity index is 0.000000299. The fourth-order valence-corrected chi connectivity index (χ4v) is 8.23. The van der Waals surface area contributed by atoms with E-state index in [0.29, 0.717) is 58.6 Å². The maximum atomic E-state index is 12.4. The number of hydrogen-bond donors (Lipinski definition) is 2. The van der Waals surface area contributed by atoms with Gasteiger partial charge in [0.1, 0.15) is 28.6 Å². The van der Waals surface area contributed by atoms with Gasteiger partial charge >= 0.3 is 19.1 Å². The molecule has 0 aliphatic carbocycles. The number of esters is 1. The van der Waals surface area contributed by atoms with Crippen LogP contribution in [0.4, 0.5) is 0 Å². The zero-order valence-corrected chi connectivity index (χ0v) is 47.3. The molecule has 17 nitrogen and oxygen atoms in total. The molecule has 0 spiro atoms. The van der Waals surface area contributed by atoms with Crippen LogP contribution in [0.3, 0.4) is 0 Å². The number of pyridine rings is 4. The van der Waals surface area contributed by atoms with Crippen molar-refractivity contribution in [2.24, 2.45) is 14.1 Å². The minimum atomic E-state index is -0.945. The Hall–Kier alpha value is -5.61. The third kappa shape index (κ3) is 15.7. The minimum absolute atomic E-state index is 0. The first kappa shape index (κ1) is 61.7. The first-order chi connectivity index (χ1) is 33.9. The minimum Gasteiger partial charge on any atom is -0.496 e. The molecule has 20 heteroatoms. The summed E-state index contributed by atoms with van der Waals surface area (Å²) in [4.78, 5) is 54.7. The van der Waals surface area contributed by atoms with Crippen LogP contribution < -0.4 is 40.8 Å². The number of nitrogens with one attached hydrogen (secondary N) is 1. The fourth-order valence-electron chi connectivity index (χ4n) is 7.58. The van der Waals surface area contributed by atoms with Gasteiger partial charge in [0.25, 0.3) is 11.1 Å². The van der Waals surface area contributed by atoms with Gasteiger partial charge in [-0.3, -0.25) is 29.1 Å². The third-order valence-corrected chi connectivity index (χ3v) is 12.4. The molecule has 7 rings (SSSR count). The van der Waals surface area contributed by atoms with Gasteiger partial charge in [0.2, 0.25) is 0 Å². The van der Waals surface area contributed by atoms with Crippen molar-refractivity contribution >= 4 is 62.0 Å². The van der Waals surface area contributed by atoms with E-state index in [1.54, 1.807) is 92.7 Å². The van der Waals surface area contributed by atoms with Crippen LogP contribution >= 0.6 is 15.9 Å². The molecule has 6 aromatic rings. The maximum absolute atomic E-state index is 12.4. The molecule has 1 aliphatic rings. The summed E-state index contributed by atoms with van der Waals surface area (Å²) in [5, 5.41) is 14.5. The number of halogens is 1.